The number of hydrogen-bond acceptors (Lipinski definition) is 3. The van der Waals surface area contributed by atoms with E-state index in [1.165, 1.54) is 7.11 Å². The molecule has 0 radical (unpaired) electrons. The SMILES string of the molecule is CC[C@H](C)[C@@H](NC(=O)[C@@H](OC)c1ccccc1)C(=O)O. The highest BCUT2D eigenvalue weighted by Crippen LogP contribution is 2.17. The molecule has 1 aromatic rings. The van der Waals surface area contributed by atoms with E-state index in [1.54, 1.807) is 31.2 Å². The number of carbonyl (C=O) groups excluding carboxylic acids is 1. The standard InChI is InChI=1S/C15H21NO4/c1-4-10(2)12(15(18)19)16-14(17)13(20-3)11-8-6-5-7-9-11/h5-10,12-13H,4H2,1-3H3,(H,16,17)(H,18,19)/t10-,12+,13-/m0/s1. The number of carbonyl (C=O) groups is 2. The van der Waals surface area contributed by atoms with E-state index >= 15 is 0 Å². The first kappa shape index (κ1) is 16.2. The van der Waals surface area contributed by atoms with Crippen molar-refractivity contribution in [3.63, 3.8) is 0 Å². The molecular formula is C15H21NO4. The van der Waals surface area contributed by atoms with Gasteiger partial charge in [0.05, 0.1) is 0 Å². The number of aliphatic carboxylic acids is 1. The number of amides is 1. The minimum Gasteiger partial charge on any atom is -0.480 e. The molecule has 110 valence electrons. The average molecular weight is 279 g/mol. The van der Waals surface area contributed by atoms with Gasteiger partial charge in [-0.05, 0) is 11.5 Å². The van der Waals surface area contributed by atoms with Crippen LogP contribution in [0.3, 0.4) is 0 Å². The van der Waals surface area contributed by atoms with Gasteiger partial charge in [-0.25, -0.2) is 4.79 Å². The van der Waals surface area contributed by atoms with Crippen LogP contribution in [0.5, 0.6) is 0 Å². The highest BCUT2D eigenvalue weighted by molar-refractivity contribution is 5.87. The molecule has 5 nitrogen and oxygen atoms in total. The molecule has 0 heterocycles. The Labute approximate surface area is 118 Å². The molecule has 0 aliphatic rings. The van der Waals surface area contributed by atoms with Crippen LogP contribution < -0.4 is 5.32 Å². The Morgan fingerprint density at radius 3 is 2.35 bits per heavy atom. The number of carboxylic acid groups (broad SMARTS) is 1. The molecule has 0 bridgehead atoms. The second kappa shape index (κ2) is 7.65. The van der Waals surface area contributed by atoms with E-state index < -0.39 is 24.0 Å². The summed E-state index contributed by atoms with van der Waals surface area (Å²) in [5, 5.41) is 11.7. The molecule has 2 N–H and O–H groups in total. The van der Waals surface area contributed by atoms with Gasteiger partial charge in [0.2, 0.25) is 0 Å². The van der Waals surface area contributed by atoms with Gasteiger partial charge in [-0.1, -0.05) is 50.6 Å². The van der Waals surface area contributed by atoms with Crippen molar-refractivity contribution in [2.75, 3.05) is 7.11 Å². The maximum absolute atomic E-state index is 12.2. The third-order valence-corrected chi connectivity index (χ3v) is 3.35. The maximum Gasteiger partial charge on any atom is 0.326 e. The average Bonchev–Trinajstić information content (AvgIpc) is 2.45. The number of carboxylic acids is 1. The van der Waals surface area contributed by atoms with Gasteiger partial charge in [0.1, 0.15) is 6.04 Å². The predicted molar refractivity (Wildman–Crippen MR) is 75.2 cm³/mol. The summed E-state index contributed by atoms with van der Waals surface area (Å²) in [5.74, 6) is -1.62. The number of nitrogens with one attached hydrogen (secondary N) is 1. The zero-order valence-corrected chi connectivity index (χ0v) is 12.0. The van der Waals surface area contributed by atoms with Crippen molar-refractivity contribution in [2.45, 2.75) is 32.4 Å². The lowest BCUT2D eigenvalue weighted by atomic mass is 9.98. The topological polar surface area (TPSA) is 75.6 Å². The fraction of sp³-hybridized carbons (Fsp3) is 0.467. The largest absolute Gasteiger partial charge is 0.480 e. The van der Waals surface area contributed by atoms with Crippen molar-refractivity contribution in [1.29, 1.82) is 0 Å². The van der Waals surface area contributed by atoms with Gasteiger partial charge < -0.3 is 15.2 Å². The molecular weight excluding hydrogens is 258 g/mol. The molecule has 5 heteroatoms. The van der Waals surface area contributed by atoms with Gasteiger partial charge in [0.25, 0.3) is 5.91 Å². The van der Waals surface area contributed by atoms with E-state index in [0.717, 1.165) is 0 Å². The van der Waals surface area contributed by atoms with Crippen molar-refractivity contribution in [3.8, 4) is 0 Å². The molecule has 0 aliphatic carbocycles. The summed E-state index contributed by atoms with van der Waals surface area (Å²) >= 11 is 0. The van der Waals surface area contributed by atoms with Gasteiger partial charge in [-0.3, -0.25) is 4.79 Å². The Morgan fingerprint density at radius 2 is 1.90 bits per heavy atom. The maximum atomic E-state index is 12.2. The van der Waals surface area contributed by atoms with Crippen molar-refractivity contribution in [2.24, 2.45) is 5.92 Å². The summed E-state index contributed by atoms with van der Waals surface area (Å²) in [6, 6.07) is 8.08. The van der Waals surface area contributed by atoms with Crippen LogP contribution in [0.1, 0.15) is 31.9 Å². The summed E-state index contributed by atoms with van der Waals surface area (Å²) < 4.78 is 5.19. The first-order chi connectivity index (χ1) is 9.51. The Morgan fingerprint density at radius 1 is 1.30 bits per heavy atom. The second-order valence-corrected chi connectivity index (χ2v) is 4.74. The van der Waals surface area contributed by atoms with Crippen molar-refractivity contribution >= 4 is 11.9 Å². The number of hydrogen-bond donors (Lipinski definition) is 2. The van der Waals surface area contributed by atoms with Gasteiger partial charge in [-0.15, -0.1) is 0 Å². The minimum absolute atomic E-state index is 0.148. The van der Waals surface area contributed by atoms with Crippen LogP contribution in [0.4, 0.5) is 0 Å². The van der Waals surface area contributed by atoms with Crippen LogP contribution in [0.15, 0.2) is 30.3 Å². The van der Waals surface area contributed by atoms with Crippen molar-refractivity contribution < 1.29 is 19.4 Å². The minimum atomic E-state index is -1.03. The van der Waals surface area contributed by atoms with E-state index in [-0.39, 0.29) is 5.92 Å². The third kappa shape index (κ3) is 4.06. The summed E-state index contributed by atoms with van der Waals surface area (Å²) in [4.78, 5) is 23.4. The molecule has 1 rings (SSSR count). The zero-order chi connectivity index (χ0) is 15.1. The third-order valence-electron chi connectivity index (χ3n) is 3.35. The smallest absolute Gasteiger partial charge is 0.326 e. The lowest BCUT2D eigenvalue weighted by molar-refractivity contribution is -0.145. The van der Waals surface area contributed by atoms with E-state index in [0.29, 0.717) is 12.0 Å². The van der Waals surface area contributed by atoms with Gasteiger partial charge in [0, 0.05) is 7.11 Å². The fourth-order valence-corrected chi connectivity index (χ4v) is 1.93. The molecule has 0 saturated carbocycles. The van der Waals surface area contributed by atoms with Crippen molar-refractivity contribution in [3.05, 3.63) is 35.9 Å². The lowest BCUT2D eigenvalue weighted by Gasteiger charge is -2.23. The Kier molecular flexibility index (Phi) is 6.18. The summed E-state index contributed by atoms with van der Waals surface area (Å²) in [6.45, 7) is 3.68. The molecule has 0 fully saturated rings. The number of rotatable bonds is 7. The van der Waals surface area contributed by atoms with Crippen molar-refractivity contribution in [1.82, 2.24) is 5.32 Å². The highest BCUT2D eigenvalue weighted by atomic mass is 16.5. The van der Waals surface area contributed by atoms with E-state index in [9.17, 15) is 14.7 Å². The normalized spacial score (nSPS) is 15.2. The summed E-state index contributed by atoms with van der Waals surface area (Å²) in [5.41, 5.74) is 0.695. The number of benzene rings is 1. The van der Waals surface area contributed by atoms with Crippen LogP contribution in [-0.2, 0) is 14.3 Å². The Balaban J connectivity index is 2.84. The fourth-order valence-electron chi connectivity index (χ4n) is 1.93. The molecule has 1 amide bonds. The molecule has 0 unspecified atom stereocenters. The molecule has 0 aliphatic heterocycles. The van der Waals surface area contributed by atoms with E-state index in [2.05, 4.69) is 5.32 Å². The molecule has 20 heavy (non-hydrogen) atoms. The first-order valence-corrected chi connectivity index (χ1v) is 6.62. The van der Waals surface area contributed by atoms with Gasteiger partial charge >= 0.3 is 5.97 Å². The van der Waals surface area contributed by atoms with Gasteiger partial charge in [-0.2, -0.15) is 0 Å². The highest BCUT2D eigenvalue weighted by Gasteiger charge is 2.29. The zero-order valence-electron chi connectivity index (χ0n) is 12.0. The Bertz CT molecular complexity index is 446. The van der Waals surface area contributed by atoms with Crippen LogP contribution >= 0.6 is 0 Å². The van der Waals surface area contributed by atoms with Gasteiger partial charge in [0.15, 0.2) is 6.10 Å². The second-order valence-electron chi connectivity index (χ2n) is 4.74. The molecule has 3 atom stereocenters. The van der Waals surface area contributed by atoms with Crippen LogP contribution in [-0.4, -0.2) is 30.1 Å². The Hall–Kier alpha value is -1.88. The quantitative estimate of drug-likeness (QED) is 0.800. The molecule has 0 aromatic heterocycles. The number of ether oxygens (including phenoxy) is 1. The molecule has 1 aromatic carbocycles. The number of methoxy groups -OCH3 is 1. The van der Waals surface area contributed by atoms with Crippen LogP contribution in [0.25, 0.3) is 0 Å². The summed E-state index contributed by atoms with van der Waals surface area (Å²) in [6.07, 6.45) is -0.137. The monoisotopic (exact) mass is 279 g/mol. The lowest BCUT2D eigenvalue weighted by Crippen LogP contribution is -2.47. The first-order valence-electron chi connectivity index (χ1n) is 6.62. The molecule has 0 saturated heterocycles. The molecule has 0 spiro atoms. The van der Waals surface area contributed by atoms with E-state index in [4.69, 9.17) is 4.74 Å². The van der Waals surface area contributed by atoms with E-state index in [1.807, 2.05) is 13.0 Å². The van der Waals surface area contributed by atoms with Crippen LogP contribution in [0, 0.1) is 5.92 Å². The predicted octanol–water partition coefficient (Wildman–Crippen LogP) is 1.99. The summed E-state index contributed by atoms with van der Waals surface area (Å²) in [7, 11) is 1.43. The van der Waals surface area contributed by atoms with Crippen LogP contribution in [0.2, 0.25) is 0 Å².